The van der Waals surface area contributed by atoms with Crippen molar-refractivity contribution in [3.63, 3.8) is 0 Å². The first-order chi connectivity index (χ1) is 5.70. The summed E-state index contributed by atoms with van der Waals surface area (Å²) in [6.07, 6.45) is 0.215. The molecular weight excluding hydrogens is 168 g/mol. The normalized spacial score (nSPS) is 32.8. The third-order valence-corrected chi connectivity index (χ3v) is 2.50. The molecule has 0 aliphatic carbocycles. The van der Waals surface area contributed by atoms with Crippen molar-refractivity contribution >= 4 is 0 Å². The maximum atomic E-state index is 11.8. The fourth-order valence-electron chi connectivity index (χ4n) is 1.79. The summed E-state index contributed by atoms with van der Waals surface area (Å²) >= 11 is 0. The lowest BCUT2D eigenvalue weighted by Gasteiger charge is -2.33. The van der Waals surface area contributed by atoms with E-state index in [-0.39, 0.29) is 5.60 Å². The highest BCUT2D eigenvalue weighted by molar-refractivity contribution is 4.92. The van der Waals surface area contributed by atoms with E-state index in [0.717, 1.165) is 13.1 Å². The number of rotatable bonds is 2. The summed E-state index contributed by atoms with van der Waals surface area (Å²) in [5.41, 5.74) is -0.139. The van der Waals surface area contributed by atoms with Crippen molar-refractivity contribution in [3.05, 3.63) is 0 Å². The van der Waals surface area contributed by atoms with E-state index >= 15 is 0 Å². The second kappa shape index (κ2) is 2.90. The smallest absolute Gasteiger partial charge is 0.345 e. The van der Waals surface area contributed by atoms with E-state index < -0.39 is 12.7 Å². The highest BCUT2D eigenvalue weighted by Gasteiger charge is 2.50. The SMILES string of the molecule is FC(F)O[C@H]1COC2(C[NH2+]C2)C1. The second-order valence-corrected chi connectivity index (χ2v) is 3.41. The molecule has 2 aliphatic rings. The van der Waals surface area contributed by atoms with Gasteiger partial charge in [-0.25, -0.2) is 0 Å². The first-order valence-corrected chi connectivity index (χ1v) is 4.09. The molecule has 2 N–H and O–H groups in total. The van der Waals surface area contributed by atoms with Gasteiger partial charge >= 0.3 is 6.61 Å². The summed E-state index contributed by atoms with van der Waals surface area (Å²) in [5, 5.41) is 2.10. The largest absolute Gasteiger partial charge is 0.360 e. The number of halogens is 2. The van der Waals surface area contributed by atoms with Crippen molar-refractivity contribution in [2.75, 3.05) is 19.7 Å². The number of ether oxygens (including phenoxy) is 2. The molecule has 2 heterocycles. The Hall–Kier alpha value is -0.260. The quantitative estimate of drug-likeness (QED) is 0.611. The van der Waals surface area contributed by atoms with Gasteiger partial charge in [-0.15, -0.1) is 0 Å². The molecule has 0 amide bonds. The third kappa shape index (κ3) is 1.44. The molecule has 12 heavy (non-hydrogen) atoms. The third-order valence-electron chi connectivity index (χ3n) is 2.50. The van der Waals surface area contributed by atoms with Gasteiger partial charge in [0.1, 0.15) is 13.1 Å². The van der Waals surface area contributed by atoms with Crippen LogP contribution in [0.1, 0.15) is 6.42 Å². The Morgan fingerprint density at radius 2 is 2.25 bits per heavy atom. The zero-order valence-electron chi connectivity index (χ0n) is 6.63. The number of quaternary nitrogens is 1. The second-order valence-electron chi connectivity index (χ2n) is 3.41. The number of hydrogen-bond donors (Lipinski definition) is 1. The van der Waals surface area contributed by atoms with Crippen LogP contribution in [-0.2, 0) is 9.47 Å². The van der Waals surface area contributed by atoms with Crippen molar-refractivity contribution in [1.82, 2.24) is 0 Å². The molecule has 0 saturated carbocycles. The molecule has 0 aromatic carbocycles. The molecule has 0 bridgehead atoms. The standard InChI is InChI=1S/C7H11F2NO2/c8-6(9)12-5-1-7(11-2-5)3-10-4-7/h5-6,10H,1-4H2/p+1/t5-/m1/s1. The fraction of sp³-hybridized carbons (Fsp3) is 1.00. The van der Waals surface area contributed by atoms with Crippen molar-refractivity contribution in [1.29, 1.82) is 0 Å². The van der Waals surface area contributed by atoms with Crippen LogP contribution in [-0.4, -0.2) is 38.0 Å². The van der Waals surface area contributed by atoms with Crippen LogP contribution in [0.4, 0.5) is 8.78 Å². The van der Waals surface area contributed by atoms with Crippen LogP contribution < -0.4 is 5.32 Å². The van der Waals surface area contributed by atoms with Crippen LogP contribution in [0, 0.1) is 0 Å². The predicted octanol–water partition coefficient (Wildman–Crippen LogP) is -0.670. The van der Waals surface area contributed by atoms with Crippen LogP contribution >= 0.6 is 0 Å². The lowest BCUT2D eigenvalue weighted by Crippen LogP contribution is -3.02. The highest BCUT2D eigenvalue weighted by atomic mass is 19.3. The highest BCUT2D eigenvalue weighted by Crippen LogP contribution is 2.28. The summed E-state index contributed by atoms with van der Waals surface area (Å²) in [6, 6.07) is 0. The van der Waals surface area contributed by atoms with Gasteiger partial charge in [-0.1, -0.05) is 0 Å². The average molecular weight is 180 g/mol. The molecule has 0 aromatic rings. The van der Waals surface area contributed by atoms with E-state index in [9.17, 15) is 8.78 Å². The zero-order chi connectivity index (χ0) is 8.60. The van der Waals surface area contributed by atoms with E-state index in [2.05, 4.69) is 10.1 Å². The topological polar surface area (TPSA) is 35.1 Å². The molecular formula is C7H12F2NO2+. The summed E-state index contributed by atoms with van der Waals surface area (Å²) in [6.45, 7) is -0.581. The molecule has 70 valence electrons. The van der Waals surface area contributed by atoms with Gasteiger partial charge in [0.25, 0.3) is 0 Å². The van der Waals surface area contributed by atoms with E-state index in [1.165, 1.54) is 0 Å². The van der Waals surface area contributed by atoms with Gasteiger partial charge in [-0.3, -0.25) is 0 Å². The van der Waals surface area contributed by atoms with Gasteiger partial charge in [0.15, 0.2) is 5.60 Å². The molecule has 0 aromatic heterocycles. The van der Waals surface area contributed by atoms with E-state index in [4.69, 9.17) is 4.74 Å². The minimum atomic E-state index is -2.67. The molecule has 0 radical (unpaired) electrons. The maximum Gasteiger partial charge on any atom is 0.345 e. The molecule has 5 heteroatoms. The molecule has 2 saturated heterocycles. The van der Waals surface area contributed by atoms with Crippen LogP contribution in [0.25, 0.3) is 0 Å². The molecule has 3 nitrogen and oxygen atoms in total. The number of nitrogens with two attached hydrogens (primary N) is 1. The zero-order valence-corrected chi connectivity index (χ0v) is 6.63. The van der Waals surface area contributed by atoms with Crippen molar-refractivity contribution in [2.24, 2.45) is 0 Å². The fourth-order valence-corrected chi connectivity index (χ4v) is 1.79. The first-order valence-electron chi connectivity index (χ1n) is 4.09. The Morgan fingerprint density at radius 1 is 1.50 bits per heavy atom. The predicted molar refractivity (Wildman–Crippen MR) is 35.8 cm³/mol. The molecule has 2 aliphatic heterocycles. The van der Waals surface area contributed by atoms with Gasteiger partial charge in [-0.2, -0.15) is 8.78 Å². The van der Waals surface area contributed by atoms with Crippen LogP contribution in [0.2, 0.25) is 0 Å². The van der Waals surface area contributed by atoms with Crippen LogP contribution in [0.5, 0.6) is 0 Å². The van der Waals surface area contributed by atoms with Gasteiger partial charge in [-0.05, 0) is 0 Å². The minimum Gasteiger partial charge on any atom is -0.360 e. The average Bonchev–Trinajstić information content (AvgIpc) is 2.29. The van der Waals surface area contributed by atoms with Gasteiger partial charge in [0.05, 0.1) is 12.7 Å². The lowest BCUT2D eigenvalue weighted by atomic mass is 9.93. The van der Waals surface area contributed by atoms with E-state index in [1.54, 1.807) is 0 Å². The van der Waals surface area contributed by atoms with Crippen LogP contribution in [0.3, 0.4) is 0 Å². The lowest BCUT2D eigenvalue weighted by molar-refractivity contribution is -0.741. The van der Waals surface area contributed by atoms with Crippen molar-refractivity contribution in [2.45, 2.75) is 24.7 Å². The van der Waals surface area contributed by atoms with Crippen molar-refractivity contribution < 1.29 is 23.6 Å². The van der Waals surface area contributed by atoms with Crippen molar-refractivity contribution in [3.8, 4) is 0 Å². The Labute approximate surface area is 69.0 Å². The number of hydrogen-bond acceptors (Lipinski definition) is 2. The van der Waals surface area contributed by atoms with Gasteiger partial charge in [0.2, 0.25) is 0 Å². The molecule has 1 spiro atoms. The summed E-state index contributed by atoms with van der Waals surface area (Å²) in [4.78, 5) is 0. The minimum absolute atomic E-state index is 0.139. The Balaban J connectivity index is 1.81. The monoisotopic (exact) mass is 180 g/mol. The molecule has 2 rings (SSSR count). The Kier molecular flexibility index (Phi) is 2.02. The van der Waals surface area contributed by atoms with Crippen LogP contribution in [0.15, 0.2) is 0 Å². The molecule has 0 unspecified atom stereocenters. The van der Waals surface area contributed by atoms with Gasteiger partial charge < -0.3 is 14.8 Å². The van der Waals surface area contributed by atoms with E-state index in [1.807, 2.05) is 0 Å². The van der Waals surface area contributed by atoms with Gasteiger partial charge in [0, 0.05) is 6.42 Å². The maximum absolute atomic E-state index is 11.8. The molecule has 1 atom stereocenters. The number of alkyl halides is 2. The Bertz CT molecular complexity index is 173. The summed E-state index contributed by atoms with van der Waals surface area (Å²) in [5.74, 6) is 0. The van der Waals surface area contributed by atoms with E-state index in [0.29, 0.717) is 13.0 Å². The summed E-state index contributed by atoms with van der Waals surface area (Å²) < 4.78 is 33.3. The first kappa shape index (κ1) is 8.34. The summed E-state index contributed by atoms with van der Waals surface area (Å²) in [7, 11) is 0. The molecule has 2 fully saturated rings. The Morgan fingerprint density at radius 3 is 2.67 bits per heavy atom.